The molecule has 0 amide bonds. The highest BCUT2D eigenvalue weighted by molar-refractivity contribution is 7.47. The normalized spacial score (nSPS) is 13.8. The van der Waals surface area contributed by atoms with E-state index in [9.17, 15) is 43.2 Å². The highest BCUT2D eigenvalue weighted by atomic mass is 31.2. The Morgan fingerprint density at radius 2 is 0.442 bits per heavy atom. The van der Waals surface area contributed by atoms with Crippen LogP contribution in [0.2, 0.25) is 0 Å². The van der Waals surface area contributed by atoms with E-state index < -0.39 is 97.5 Å². The Balaban J connectivity index is 5.18. The molecule has 104 heavy (non-hydrogen) atoms. The number of aliphatic hydroxyl groups excluding tert-OH is 1. The van der Waals surface area contributed by atoms with Crippen LogP contribution in [0.1, 0.15) is 458 Å². The average Bonchev–Trinajstić information content (AvgIpc) is 0.956. The molecule has 0 heterocycles. The van der Waals surface area contributed by atoms with Crippen LogP contribution in [0.25, 0.3) is 0 Å². The molecule has 618 valence electrons. The predicted molar refractivity (Wildman–Crippen MR) is 428 cm³/mol. The zero-order valence-corrected chi connectivity index (χ0v) is 70.0. The van der Waals surface area contributed by atoms with E-state index in [4.69, 9.17) is 37.0 Å². The van der Waals surface area contributed by atoms with E-state index in [1.54, 1.807) is 0 Å². The minimum atomic E-state index is -4.96. The maximum atomic E-state index is 13.1. The van der Waals surface area contributed by atoms with Crippen LogP contribution in [0.5, 0.6) is 0 Å². The molecule has 17 nitrogen and oxygen atoms in total. The number of esters is 4. The molecule has 0 aromatic rings. The van der Waals surface area contributed by atoms with Gasteiger partial charge < -0.3 is 33.8 Å². The van der Waals surface area contributed by atoms with Crippen molar-refractivity contribution in [2.45, 2.75) is 477 Å². The summed E-state index contributed by atoms with van der Waals surface area (Å²) >= 11 is 0. The van der Waals surface area contributed by atoms with Gasteiger partial charge in [0.25, 0.3) is 0 Å². The second-order valence-corrected chi connectivity index (χ2v) is 34.0. The van der Waals surface area contributed by atoms with Crippen molar-refractivity contribution in [3.8, 4) is 0 Å². The standard InChI is InChI=1S/C85H166O17P2/c1-6-9-12-15-18-21-23-25-27-29-31-33-37-41-45-49-54-59-64-69-83(88)96-75-81(102-85(90)71-65-60-55-50-46-42-38-34-32-30-28-26-24-22-19-16-13-10-7-2)77-100-104(93,94)98-73-79(86)72-97-103(91,92)99-76-80(74-95-82(87)68-63-58-53-20-17-14-11-8-3)101-84(89)70-66-61-56-51-47-43-39-35-36-40-44-48-52-57-62-67-78(4)5/h78-81,86H,6-77H2,1-5H3,(H,91,92)(H,93,94)/t79-,80+,81+/m0/s1. The highest BCUT2D eigenvalue weighted by Gasteiger charge is 2.30. The topological polar surface area (TPSA) is 237 Å². The van der Waals surface area contributed by atoms with Crippen LogP contribution in [0.15, 0.2) is 0 Å². The lowest BCUT2D eigenvalue weighted by Crippen LogP contribution is -2.30. The molecule has 0 aliphatic carbocycles. The third-order valence-corrected chi connectivity index (χ3v) is 21.9. The van der Waals surface area contributed by atoms with Gasteiger partial charge in [0.1, 0.15) is 19.3 Å². The molecule has 0 fully saturated rings. The lowest BCUT2D eigenvalue weighted by Gasteiger charge is -2.21. The van der Waals surface area contributed by atoms with E-state index in [-0.39, 0.29) is 25.7 Å². The number of phosphoric acid groups is 2. The lowest BCUT2D eigenvalue weighted by molar-refractivity contribution is -0.161. The first kappa shape index (κ1) is 102. The van der Waals surface area contributed by atoms with Crippen LogP contribution in [0.4, 0.5) is 0 Å². The molecule has 0 aromatic heterocycles. The van der Waals surface area contributed by atoms with Crippen molar-refractivity contribution in [2.75, 3.05) is 39.6 Å². The molecular weight excluding hydrogens is 1350 g/mol. The lowest BCUT2D eigenvalue weighted by atomic mass is 10.0. The van der Waals surface area contributed by atoms with Gasteiger partial charge in [-0.2, -0.15) is 0 Å². The molecule has 0 radical (unpaired) electrons. The van der Waals surface area contributed by atoms with Crippen LogP contribution < -0.4 is 0 Å². The molecule has 3 N–H and O–H groups in total. The first-order chi connectivity index (χ1) is 50.5. The number of carbonyl (C=O) groups excluding carboxylic acids is 4. The number of aliphatic hydroxyl groups is 1. The third-order valence-electron chi connectivity index (χ3n) is 20.0. The fourth-order valence-corrected chi connectivity index (χ4v) is 14.9. The summed E-state index contributed by atoms with van der Waals surface area (Å²) in [7, 11) is -9.92. The molecule has 0 saturated heterocycles. The van der Waals surface area contributed by atoms with Crippen molar-refractivity contribution in [3.63, 3.8) is 0 Å². The summed E-state index contributed by atoms with van der Waals surface area (Å²) in [4.78, 5) is 73.1. The van der Waals surface area contributed by atoms with E-state index in [1.807, 2.05) is 0 Å². The molecule has 0 bridgehead atoms. The highest BCUT2D eigenvalue weighted by Crippen LogP contribution is 2.45. The van der Waals surface area contributed by atoms with Gasteiger partial charge in [-0.15, -0.1) is 0 Å². The minimum Gasteiger partial charge on any atom is -0.462 e. The average molecular weight is 1520 g/mol. The molecule has 2 unspecified atom stereocenters. The number of ether oxygens (including phenoxy) is 4. The van der Waals surface area contributed by atoms with Gasteiger partial charge in [0.15, 0.2) is 12.2 Å². The van der Waals surface area contributed by atoms with Crippen molar-refractivity contribution in [1.29, 1.82) is 0 Å². The van der Waals surface area contributed by atoms with Gasteiger partial charge in [-0.1, -0.05) is 407 Å². The van der Waals surface area contributed by atoms with Crippen LogP contribution in [-0.2, 0) is 65.4 Å². The van der Waals surface area contributed by atoms with Crippen molar-refractivity contribution >= 4 is 39.5 Å². The number of hydrogen-bond acceptors (Lipinski definition) is 15. The van der Waals surface area contributed by atoms with Crippen molar-refractivity contribution < 1.29 is 80.2 Å². The van der Waals surface area contributed by atoms with Gasteiger partial charge in [-0.3, -0.25) is 37.3 Å². The van der Waals surface area contributed by atoms with Gasteiger partial charge in [0, 0.05) is 25.7 Å². The van der Waals surface area contributed by atoms with E-state index in [2.05, 4.69) is 34.6 Å². The van der Waals surface area contributed by atoms with Crippen molar-refractivity contribution in [3.05, 3.63) is 0 Å². The Labute approximate surface area is 638 Å². The fraction of sp³-hybridized carbons (Fsp3) is 0.953. The second-order valence-electron chi connectivity index (χ2n) is 31.1. The van der Waals surface area contributed by atoms with Gasteiger partial charge in [-0.05, 0) is 31.6 Å². The zero-order chi connectivity index (χ0) is 76.2. The number of rotatable bonds is 85. The fourth-order valence-electron chi connectivity index (χ4n) is 13.3. The molecule has 0 aromatic carbocycles. The molecule has 19 heteroatoms. The van der Waals surface area contributed by atoms with Crippen molar-refractivity contribution in [2.24, 2.45) is 5.92 Å². The largest absolute Gasteiger partial charge is 0.472 e. The molecule has 5 atom stereocenters. The summed E-state index contributed by atoms with van der Waals surface area (Å²) in [6.07, 6.45) is 70.9. The maximum Gasteiger partial charge on any atom is 0.472 e. The van der Waals surface area contributed by atoms with E-state index in [0.717, 1.165) is 102 Å². The maximum absolute atomic E-state index is 13.1. The number of phosphoric ester groups is 2. The summed E-state index contributed by atoms with van der Waals surface area (Å²) in [6.45, 7) is 7.36. The molecule has 0 aliphatic heterocycles. The van der Waals surface area contributed by atoms with Gasteiger partial charge >= 0.3 is 39.5 Å². The quantitative estimate of drug-likeness (QED) is 0.0222. The monoisotopic (exact) mass is 1520 g/mol. The Kier molecular flexibility index (Phi) is 76.3. The van der Waals surface area contributed by atoms with E-state index in [0.29, 0.717) is 25.7 Å². The van der Waals surface area contributed by atoms with Gasteiger partial charge in [-0.25, -0.2) is 9.13 Å². The summed E-state index contributed by atoms with van der Waals surface area (Å²) in [5.41, 5.74) is 0. The second kappa shape index (κ2) is 77.8. The number of carbonyl (C=O) groups is 4. The smallest absolute Gasteiger partial charge is 0.462 e. The summed E-state index contributed by atoms with van der Waals surface area (Å²) < 4.78 is 68.8. The minimum absolute atomic E-state index is 0.108. The van der Waals surface area contributed by atoms with E-state index in [1.165, 1.54) is 276 Å². The zero-order valence-electron chi connectivity index (χ0n) is 68.2. The number of unbranched alkanes of at least 4 members (excludes halogenated alkanes) is 57. The summed E-state index contributed by atoms with van der Waals surface area (Å²) in [5.74, 6) is -1.30. The summed E-state index contributed by atoms with van der Waals surface area (Å²) in [6, 6.07) is 0. The van der Waals surface area contributed by atoms with Gasteiger partial charge in [0.2, 0.25) is 0 Å². The van der Waals surface area contributed by atoms with Crippen LogP contribution in [0, 0.1) is 5.92 Å². The van der Waals surface area contributed by atoms with Crippen LogP contribution in [0.3, 0.4) is 0 Å². The van der Waals surface area contributed by atoms with Gasteiger partial charge in [0.05, 0.1) is 26.4 Å². The first-order valence-corrected chi connectivity index (χ1v) is 47.1. The molecule has 0 aliphatic rings. The Hall–Kier alpha value is -1.94. The predicted octanol–water partition coefficient (Wildman–Crippen LogP) is 26.0. The molecule has 0 saturated carbocycles. The Morgan fingerprint density at radius 1 is 0.260 bits per heavy atom. The molecule has 0 spiro atoms. The molecular formula is C85H166O17P2. The van der Waals surface area contributed by atoms with Crippen LogP contribution in [-0.4, -0.2) is 96.7 Å². The Morgan fingerprint density at radius 3 is 0.654 bits per heavy atom. The first-order valence-electron chi connectivity index (χ1n) is 44.1. The number of hydrogen-bond donors (Lipinski definition) is 3. The molecule has 0 rings (SSSR count). The van der Waals surface area contributed by atoms with E-state index >= 15 is 0 Å². The Bertz CT molecular complexity index is 1980. The van der Waals surface area contributed by atoms with Crippen molar-refractivity contribution in [1.82, 2.24) is 0 Å². The summed E-state index contributed by atoms with van der Waals surface area (Å²) in [5, 5.41) is 10.7. The SMILES string of the molecule is CCCCCCCCCCCCCCCCCCCCCC(=O)OC[C@H](COP(=O)(O)OC[C@@H](O)COP(=O)(O)OC[C@@H](COC(=O)CCCCCCCCCC)OC(=O)CCCCCCCCCCCCCCCCCC(C)C)OC(=O)CCCCCCCCCCCCCCCCCCCCC. The third kappa shape index (κ3) is 78.2. The van der Waals surface area contributed by atoms with Crippen LogP contribution >= 0.6 is 15.6 Å².